The predicted octanol–water partition coefficient (Wildman–Crippen LogP) is 0.280. The molecular formula is C18H20N4O8S. The number of hydrogen-bond donors (Lipinski definition) is 2. The minimum atomic E-state index is -1.07. The summed E-state index contributed by atoms with van der Waals surface area (Å²) in [5.74, 6) is -1.76. The number of nitro groups is 1. The zero-order valence-electron chi connectivity index (χ0n) is 16.6. The van der Waals surface area contributed by atoms with Crippen LogP contribution < -0.4 is 11.1 Å². The highest BCUT2D eigenvalue weighted by Gasteiger charge is 2.65. The SMILES string of the molecule is CC(=O)NC(=O)OC[C@]1(C)S[C@@H]2[C@H](N)C(=O)N2[C@H]1C(=O)OCc1ccc([N+](=O)[O-])cc1. The molecule has 0 saturated carbocycles. The van der Waals surface area contributed by atoms with E-state index in [0.717, 1.165) is 6.92 Å². The van der Waals surface area contributed by atoms with E-state index in [1.54, 1.807) is 6.92 Å². The topological polar surface area (TPSA) is 171 Å². The minimum absolute atomic E-state index is 0.0983. The Balaban J connectivity index is 1.70. The first kappa shape index (κ1) is 22.5. The van der Waals surface area contributed by atoms with Crippen molar-refractivity contribution in [1.82, 2.24) is 10.2 Å². The lowest BCUT2D eigenvalue weighted by Gasteiger charge is -2.42. The molecule has 12 nitrogen and oxygen atoms in total. The number of nitrogens with zero attached hydrogens (tertiary/aromatic N) is 2. The molecule has 4 atom stereocenters. The number of alkyl carbamates (subject to hydrolysis) is 1. The number of carbonyl (C=O) groups excluding carboxylic acids is 4. The highest BCUT2D eigenvalue weighted by atomic mass is 32.2. The summed E-state index contributed by atoms with van der Waals surface area (Å²) in [7, 11) is 0. The molecule has 2 saturated heterocycles. The van der Waals surface area contributed by atoms with Crippen LogP contribution in [-0.2, 0) is 30.5 Å². The lowest BCUT2D eigenvalue weighted by molar-refractivity contribution is -0.384. The van der Waals surface area contributed by atoms with E-state index in [-0.39, 0.29) is 18.9 Å². The third kappa shape index (κ3) is 4.46. The molecule has 2 fully saturated rings. The number of benzene rings is 1. The number of nitrogens with two attached hydrogens (primary N) is 1. The number of imide groups is 1. The number of nitrogens with one attached hydrogen (secondary N) is 1. The molecule has 0 spiro atoms. The van der Waals surface area contributed by atoms with Crippen LogP contribution in [0.1, 0.15) is 19.4 Å². The van der Waals surface area contributed by atoms with E-state index in [2.05, 4.69) is 0 Å². The highest BCUT2D eigenvalue weighted by molar-refractivity contribution is 8.01. The molecule has 2 aliphatic rings. The Morgan fingerprint density at radius 3 is 2.52 bits per heavy atom. The summed E-state index contributed by atoms with van der Waals surface area (Å²) < 4.78 is 9.36. The summed E-state index contributed by atoms with van der Waals surface area (Å²) in [6.45, 7) is 2.34. The zero-order valence-corrected chi connectivity index (χ0v) is 17.4. The van der Waals surface area contributed by atoms with Crippen LogP contribution in [-0.4, -0.2) is 62.5 Å². The Morgan fingerprint density at radius 1 is 1.29 bits per heavy atom. The Hall–Kier alpha value is -3.19. The third-order valence-corrected chi connectivity index (χ3v) is 6.53. The molecular weight excluding hydrogens is 432 g/mol. The molecule has 2 heterocycles. The van der Waals surface area contributed by atoms with E-state index in [9.17, 15) is 29.3 Å². The second-order valence-electron chi connectivity index (χ2n) is 7.28. The Labute approximate surface area is 180 Å². The number of fused-ring (bicyclic) bond motifs is 1. The summed E-state index contributed by atoms with van der Waals surface area (Å²) in [5.41, 5.74) is 6.25. The fourth-order valence-corrected chi connectivity index (χ4v) is 4.98. The van der Waals surface area contributed by atoms with Gasteiger partial charge in [-0.15, -0.1) is 11.8 Å². The van der Waals surface area contributed by atoms with Crippen LogP contribution >= 0.6 is 11.8 Å². The number of hydrogen-bond acceptors (Lipinski definition) is 10. The Bertz CT molecular complexity index is 939. The first-order valence-corrected chi connectivity index (χ1v) is 10.0. The van der Waals surface area contributed by atoms with Crippen molar-refractivity contribution < 1.29 is 33.6 Å². The van der Waals surface area contributed by atoms with Crippen molar-refractivity contribution in [2.24, 2.45) is 5.73 Å². The molecule has 1 aromatic carbocycles. The molecule has 0 bridgehead atoms. The van der Waals surface area contributed by atoms with Crippen LogP contribution in [0.5, 0.6) is 0 Å². The first-order chi connectivity index (χ1) is 14.5. The smallest absolute Gasteiger partial charge is 0.413 e. The van der Waals surface area contributed by atoms with Gasteiger partial charge < -0.3 is 20.1 Å². The van der Waals surface area contributed by atoms with E-state index < -0.39 is 51.0 Å². The number of β-lactam (4-membered cyclic amide) rings is 1. The number of rotatable bonds is 6. The van der Waals surface area contributed by atoms with Crippen LogP contribution in [0.3, 0.4) is 0 Å². The lowest BCUT2D eigenvalue weighted by atomic mass is 9.95. The quantitative estimate of drug-likeness (QED) is 0.264. The maximum atomic E-state index is 12.9. The maximum Gasteiger partial charge on any atom is 0.413 e. The fourth-order valence-electron chi connectivity index (χ4n) is 3.36. The number of nitro benzene ring substituents is 1. The van der Waals surface area contributed by atoms with Gasteiger partial charge in [-0.3, -0.25) is 25.0 Å². The van der Waals surface area contributed by atoms with Gasteiger partial charge in [0.15, 0.2) is 0 Å². The van der Waals surface area contributed by atoms with Gasteiger partial charge in [0.25, 0.3) is 5.69 Å². The number of amides is 3. The van der Waals surface area contributed by atoms with Crippen molar-refractivity contribution >= 4 is 41.3 Å². The van der Waals surface area contributed by atoms with Gasteiger partial charge in [0.1, 0.15) is 30.7 Å². The molecule has 0 radical (unpaired) electrons. The van der Waals surface area contributed by atoms with Gasteiger partial charge in [-0.1, -0.05) is 0 Å². The van der Waals surface area contributed by atoms with Gasteiger partial charge in [0.05, 0.1) is 9.67 Å². The molecule has 0 aromatic heterocycles. The molecule has 31 heavy (non-hydrogen) atoms. The number of thioether (sulfide) groups is 1. The first-order valence-electron chi connectivity index (χ1n) is 9.13. The van der Waals surface area contributed by atoms with Gasteiger partial charge in [0.2, 0.25) is 11.8 Å². The highest BCUT2D eigenvalue weighted by Crippen LogP contribution is 2.51. The molecule has 3 rings (SSSR count). The van der Waals surface area contributed by atoms with Crippen molar-refractivity contribution in [3.8, 4) is 0 Å². The van der Waals surface area contributed by atoms with Crippen LogP contribution in [0.15, 0.2) is 24.3 Å². The lowest BCUT2D eigenvalue weighted by Crippen LogP contribution is -2.69. The Kier molecular flexibility index (Phi) is 6.18. The number of esters is 1. The predicted molar refractivity (Wildman–Crippen MR) is 106 cm³/mol. The average molecular weight is 452 g/mol. The van der Waals surface area contributed by atoms with E-state index in [4.69, 9.17) is 15.2 Å². The van der Waals surface area contributed by atoms with E-state index in [0.29, 0.717) is 5.56 Å². The van der Waals surface area contributed by atoms with Gasteiger partial charge in [-0.05, 0) is 24.6 Å². The second-order valence-corrected chi connectivity index (χ2v) is 8.93. The van der Waals surface area contributed by atoms with Gasteiger partial charge >= 0.3 is 12.1 Å². The van der Waals surface area contributed by atoms with Gasteiger partial charge in [-0.25, -0.2) is 9.59 Å². The molecule has 0 unspecified atom stereocenters. The van der Waals surface area contributed by atoms with E-state index in [1.807, 2.05) is 5.32 Å². The molecule has 13 heteroatoms. The van der Waals surface area contributed by atoms with Gasteiger partial charge in [0, 0.05) is 19.1 Å². The fraction of sp³-hybridized carbons (Fsp3) is 0.444. The van der Waals surface area contributed by atoms with Crippen molar-refractivity contribution in [2.75, 3.05) is 6.61 Å². The number of ether oxygens (including phenoxy) is 2. The number of carbonyl (C=O) groups is 4. The van der Waals surface area contributed by atoms with Crippen LogP contribution in [0.2, 0.25) is 0 Å². The largest absolute Gasteiger partial charge is 0.459 e. The van der Waals surface area contributed by atoms with E-state index >= 15 is 0 Å². The van der Waals surface area contributed by atoms with Crippen molar-refractivity contribution in [3.05, 3.63) is 39.9 Å². The summed E-state index contributed by atoms with van der Waals surface area (Å²) in [5, 5.41) is 12.2. The zero-order chi connectivity index (χ0) is 22.9. The normalized spacial score (nSPS) is 26.5. The molecule has 3 N–H and O–H groups in total. The maximum absolute atomic E-state index is 12.9. The van der Waals surface area contributed by atoms with E-state index in [1.165, 1.54) is 40.9 Å². The molecule has 3 amide bonds. The van der Waals surface area contributed by atoms with Crippen molar-refractivity contribution in [2.45, 2.75) is 42.7 Å². The standard InChI is InChI=1S/C18H20N4O8S/c1-9(23)20-17(26)30-8-18(2)13(21-14(24)12(19)15(21)31-18)16(25)29-7-10-3-5-11(6-4-10)22(27)28/h3-6,12-13,15H,7-8,19H2,1-2H3,(H,20,23,26)/t12-,13+,15-,18+/m1/s1. The molecule has 0 aliphatic carbocycles. The molecule has 1 aromatic rings. The molecule has 166 valence electrons. The Morgan fingerprint density at radius 2 is 1.94 bits per heavy atom. The second kappa shape index (κ2) is 8.51. The third-order valence-electron chi connectivity index (χ3n) is 4.89. The van der Waals surface area contributed by atoms with Crippen molar-refractivity contribution in [1.29, 1.82) is 0 Å². The summed E-state index contributed by atoms with van der Waals surface area (Å²) >= 11 is 1.21. The van der Waals surface area contributed by atoms with Crippen LogP contribution in [0.25, 0.3) is 0 Å². The summed E-state index contributed by atoms with van der Waals surface area (Å²) in [6.07, 6.45) is -0.975. The summed E-state index contributed by atoms with van der Waals surface area (Å²) in [4.78, 5) is 59.3. The summed E-state index contributed by atoms with van der Waals surface area (Å²) in [6, 6.07) is 3.62. The van der Waals surface area contributed by atoms with Gasteiger partial charge in [-0.2, -0.15) is 0 Å². The van der Waals surface area contributed by atoms with Crippen molar-refractivity contribution in [3.63, 3.8) is 0 Å². The number of non-ortho nitro benzene ring substituents is 1. The van der Waals surface area contributed by atoms with Crippen LogP contribution in [0.4, 0.5) is 10.5 Å². The monoisotopic (exact) mass is 452 g/mol. The average Bonchev–Trinajstić information content (AvgIpc) is 3.00. The minimum Gasteiger partial charge on any atom is -0.459 e. The molecule has 2 aliphatic heterocycles. The van der Waals surface area contributed by atoms with Crippen LogP contribution in [0, 0.1) is 10.1 Å².